The Morgan fingerprint density at radius 2 is 1.95 bits per heavy atom. The maximum Gasteiger partial charge on any atom is 0.244 e. The van der Waals surface area contributed by atoms with Gasteiger partial charge >= 0.3 is 0 Å². The molecule has 1 aromatic carbocycles. The van der Waals surface area contributed by atoms with Crippen molar-refractivity contribution >= 4 is 31.6 Å². The van der Waals surface area contributed by atoms with E-state index in [9.17, 15) is 8.42 Å². The lowest BCUT2D eigenvalue weighted by molar-refractivity contribution is 0.163. The van der Waals surface area contributed by atoms with Crippen LogP contribution in [0.3, 0.4) is 0 Å². The van der Waals surface area contributed by atoms with Gasteiger partial charge in [0.05, 0.1) is 11.5 Å². The molecular weight excluding hydrogens is 356 g/mol. The van der Waals surface area contributed by atoms with E-state index in [0.29, 0.717) is 23.3 Å². The fourth-order valence-electron chi connectivity index (χ4n) is 2.23. The summed E-state index contributed by atoms with van der Waals surface area (Å²) in [7, 11) is -2.03. The van der Waals surface area contributed by atoms with Crippen molar-refractivity contribution in [1.29, 1.82) is 0 Å². The first-order chi connectivity index (χ1) is 9.88. The number of ether oxygens (including phenoxy) is 1. The van der Waals surface area contributed by atoms with Crippen LogP contribution in [0.15, 0.2) is 27.6 Å². The predicted molar refractivity (Wildman–Crippen MR) is 88.7 cm³/mol. The zero-order chi connectivity index (χ0) is 16.0. The van der Waals surface area contributed by atoms with Gasteiger partial charge in [0.25, 0.3) is 0 Å². The highest BCUT2D eigenvalue weighted by molar-refractivity contribution is 9.10. The molecule has 0 aliphatic rings. The summed E-state index contributed by atoms with van der Waals surface area (Å²) in [5.41, 5.74) is 6.20. The average Bonchev–Trinajstić information content (AvgIpc) is 2.42. The van der Waals surface area contributed by atoms with E-state index >= 15 is 0 Å². The molecule has 2 N–H and O–H groups in total. The highest BCUT2D eigenvalue weighted by Crippen LogP contribution is 2.29. The number of benzene rings is 1. The number of sulfonamides is 1. The highest BCUT2D eigenvalue weighted by atomic mass is 79.9. The van der Waals surface area contributed by atoms with Gasteiger partial charge in [-0.2, -0.15) is 4.31 Å². The maximum absolute atomic E-state index is 12.9. The van der Waals surface area contributed by atoms with Crippen LogP contribution in [0, 0.1) is 0 Å². The van der Waals surface area contributed by atoms with Crippen molar-refractivity contribution in [2.75, 3.05) is 26.0 Å². The smallest absolute Gasteiger partial charge is 0.244 e. The van der Waals surface area contributed by atoms with E-state index in [1.54, 1.807) is 19.2 Å². The summed E-state index contributed by atoms with van der Waals surface area (Å²) in [6.45, 7) is 4.67. The largest absolute Gasteiger partial charge is 0.399 e. The van der Waals surface area contributed by atoms with E-state index in [1.807, 2.05) is 13.8 Å². The first kappa shape index (κ1) is 18.4. The van der Waals surface area contributed by atoms with E-state index in [2.05, 4.69) is 15.9 Å². The van der Waals surface area contributed by atoms with E-state index in [1.165, 1.54) is 10.4 Å². The van der Waals surface area contributed by atoms with Crippen LogP contribution in [0.4, 0.5) is 5.69 Å². The quantitative estimate of drug-likeness (QED) is 0.705. The van der Waals surface area contributed by atoms with Crippen molar-refractivity contribution in [2.45, 2.75) is 37.6 Å². The Labute approximate surface area is 135 Å². The SMILES string of the molecule is CCC(CC)N(CCOC)S(=O)(=O)c1ccc(N)cc1Br. The number of halogens is 1. The minimum Gasteiger partial charge on any atom is -0.399 e. The third-order valence-electron chi connectivity index (χ3n) is 3.41. The van der Waals surface area contributed by atoms with Crippen molar-refractivity contribution in [3.63, 3.8) is 0 Å². The summed E-state index contributed by atoms with van der Waals surface area (Å²) in [6, 6.07) is 4.69. The number of hydrogen-bond acceptors (Lipinski definition) is 4. The molecule has 0 radical (unpaired) electrons. The third kappa shape index (κ3) is 4.42. The minimum absolute atomic E-state index is 0.0467. The van der Waals surface area contributed by atoms with Gasteiger partial charge in [0.1, 0.15) is 0 Å². The van der Waals surface area contributed by atoms with Gasteiger partial charge < -0.3 is 10.5 Å². The Bertz CT molecular complexity index is 559. The van der Waals surface area contributed by atoms with Crippen LogP contribution >= 0.6 is 15.9 Å². The van der Waals surface area contributed by atoms with Crippen molar-refractivity contribution in [1.82, 2.24) is 4.31 Å². The monoisotopic (exact) mass is 378 g/mol. The molecule has 0 amide bonds. The highest BCUT2D eigenvalue weighted by Gasteiger charge is 2.30. The average molecular weight is 379 g/mol. The summed E-state index contributed by atoms with van der Waals surface area (Å²) in [5.74, 6) is 0. The van der Waals surface area contributed by atoms with Gasteiger partial charge in [0, 0.05) is 29.9 Å². The second kappa shape index (κ2) is 8.12. The van der Waals surface area contributed by atoms with Crippen LogP contribution in [0.5, 0.6) is 0 Å². The molecule has 0 heterocycles. The minimum atomic E-state index is -3.59. The molecular formula is C14H23BrN2O3S. The van der Waals surface area contributed by atoms with Crippen LogP contribution in [0.25, 0.3) is 0 Å². The lowest BCUT2D eigenvalue weighted by Crippen LogP contribution is -2.41. The molecule has 0 aromatic heterocycles. The normalized spacial score (nSPS) is 12.3. The van der Waals surface area contributed by atoms with E-state index in [-0.39, 0.29) is 10.9 Å². The number of nitrogens with zero attached hydrogens (tertiary/aromatic N) is 1. The number of nitrogen functional groups attached to an aromatic ring is 1. The molecule has 0 bridgehead atoms. The van der Waals surface area contributed by atoms with Crippen molar-refractivity contribution in [3.8, 4) is 0 Å². The number of rotatable bonds is 8. The fourth-order valence-corrected chi connectivity index (χ4v) is 5.04. The topological polar surface area (TPSA) is 72.6 Å². The molecule has 0 saturated heterocycles. The van der Waals surface area contributed by atoms with Gasteiger partial charge in [-0.15, -0.1) is 0 Å². The second-order valence-electron chi connectivity index (χ2n) is 4.77. The van der Waals surface area contributed by atoms with Crippen molar-refractivity contribution < 1.29 is 13.2 Å². The summed E-state index contributed by atoms with van der Waals surface area (Å²) >= 11 is 3.30. The molecule has 0 aliphatic heterocycles. The summed E-state index contributed by atoms with van der Waals surface area (Å²) in [6.07, 6.45) is 1.51. The number of anilines is 1. The molecule has 21 heavy (non-hydrogen) atoms. The number of methoxy groups -OCH3 is 1. The van der Waals surface area contributed by atoms with Crippen LogP contribution in [0.1, 0.15) is 26.7 Å². The van der Waals surface area contributed by atoms with Gasteiger partial charge in [-0.25, -0.2) is 8.42 Å². The summed E-state index contributed by atoms with van der Waals surface area (Å²) < 4.78 is 32.9. The Kier molecular flexibility index (Phi) is 7.12. The molecule has 0 atom stereocenters. The summed E-state index contributed by atoms with van der Waals surface area (Å²) in [4.78, 5) is 0.236. The molecule has 0 spiro atoms. The first-order valence-corrected chi connectivity index (χ1v) is 9.17. The standard InChI is InChI=1S/C14H23BrN2O3S/c1-4-12(5-2)17(8-9-20-3)21(18,19)14-7-6-11(16)10-13(14)15/h6-7,10,12H,4-5,8-9,16H2,1-3H3. The van der Waals surface area contributed by atoms with Crippen LogP contribution < -0.4 is 5.73 Å². The number of nitrogens with two attached hydrogens (primary N) is 1. The van der Waals surface area contributed by atoms with E-state index < -0.39 is 10.0 Å². The molecule has 0 aliphatic carbocycles. The summed E-state index contributed by atoms with van der Waals surface area (Å²) in [5, 5.41) is 0. The Morgan fingerprint density at radius 3 is 2.43 bits per heavy atom. The van der Waals surface area contributed by atoms with Crippen molar-refractivity contribution in [3.05, 3.63) is 22.7 Å². The molecule has 1 rings (SSSR count). The van der Waals surface area contributed by atoms with Gasteiger partial charge in [-0.1, -0.05) is 13.8 Å². The van der Waals surface area contributed by atoms with Crippen molar-refractivity contribution in [2.24, 2.45) is 0 Å². The fraction of sp³-hybridized carbons (Fsp3) is 0.571. The van der Waals surface area contributed by atoms with E-state index in [4.69, 9.17) is 10.5 Å². The van der Waals surface area contributed by atoms with Gasteiger partial charge in [0.2, 0.25) is 10.0 Å². The van der Waals surface area contributed by atoms with Crippen LogP contribution in [0.2, 0.25) is 0 Å². The maximum atomic E-state index is 12.9. The molecule has 7 heteroatoms. The molecule has 0 saturated carbocycles. The zero-order valence-corrected chi connectivity index (χ0v) is 15.1. The third-order valence-corrected chi connectivity index (χ3v) is 6.34. The molecule has 0 fully saturated rings. The molecule has 1 aromatic rings. The Balaban J connectivity index is 3.25. The Morgan fingerprint density at radius 1 is 1.33 bits per heavy atom. The lowest BCUT2D eigenvalue weighted by atomic mass is 10.2. The number of hydrogen-bond donors (Lipinski definition) is 1. The lowest BCUT2D eigenvalue weighted by Gasteiger charge is -2.29. The molecule has 120 valence electrons. The van der Waals surface area contributed by atoms with Gasteiger partial charge in [-0.05, 0) is 47.0 Å². The zero-order valence-electron chi connectivity index (χ0n) is 12.7. The first-order valence-electron chi connectivity index (χ1n) is 6.94. The second-order valence-corrected chi connectivity index (χ2v) is 7.48. The predicted octanol–water partition coefficient (Wildman–Crippen LogP) is 2.86. The van der Waals surface area contributed by atoms with Crippen LogP contribution in [-0.4, -0.2) is 39.0 Å². The van der Waals surface area contributed by atoms with Gasteiger partial charge in [0.15, 0.2) is 0 Å². The van der Waals surface area contributed by atoms with Gasteiger partial charge in [-0.3, -0.25) is 0 Å². The molecule has 0 unspecified atom stereocenters. The van der Waals surface area contributed by atoms with E-state index in [0.717, 1.165) is 12.8 Å². The van der Waals surface area contributed by atoms with Crippen LogP contribution in [-0.2, 0) is 14.8 Å². The Hall–Kier alpha value is -0.630. The molecule has 5 nitrogen and oxygen atoms in total.